The third kappa shape index (κ3) is 6.83. The molecule has 1 saturated heterocycles. The van der Waals surface area contributed by atoms with Crippen molar-refractivity contribution in [3.63, 3.8) is 0 Å². The molecule has 1 heterocycles. The number of benzene rings is 2. The molecule has 174 valence electrons. The van der Waals surface area contributed by atoms with Crippen molar-refractivity contribution in [1.82, 2.24) is 10.2 Å². The second-order valence-electron chi connectivity index (χ2n) is 7.49. The van der Waals surface area contributed by atoms with E-state index in [1.54, 1.807) is 26.4 Å². The van der Waals surface area contributed by atoms with Crippen molar-refractivity contribution in [3.05, 3.63) is 53.8 Å². The number of nitrogens with one attached hydrogen (secondary N) is 1. The molecule has 32 heavy (non-hydrogen) atoms. The number of hydrogen-bond acceptors (Lipinski definition) is 6. The summed E-state index contributed by atoms with van der Waals surface area (Å²) >= 11 is 0. The van der Waals surface area contributed by atoms with Crippen LogP contribution in [-0.2, 0) is 9.53 Å². The highest BCUT2D eigenvalue weighted by molar-refractivity contribution is 5.75. The summed E-state index contributed by atoms with van der Waals surface area (Å²) in [6.07, 6.45) is 0.873. The van der Waals surface area contributed by atoms with Crippen LogP contribution in [-0.4, -0.2) is 64.5 Å². The van der Waals surface area contributed by atoms with Crippen LogP contribution in [0.1, 0.15) is 24.4 Å². The fourth-order valence-electron chi connectivity index (χ4n) is 3.69. The van der Waals surface area contributed by atoms with Crippen molar-refractivity contribution in [3.8, 4) is 17.2 Å². The third-order valence-corrected chi connectivity index (χ3v) is 5.38. The number of amides is 1. The molecular formula is C24H31FN2O5. The summed E-state index contributed by atoms with van der Waals surface area (Å²) in [5.74, 6) is 1.39. The number of nitrogens with zero attached hydrogens (tertiary/aromatic N) is 1. The van der Waals surface area contributed by atoms with E-state index in [9.17, 15) is 9.18 Å². The zero-order valence-corrected chi connectivity index (χ0v) is 18.6. The maximum absolute atomic E-state index is 13.2. The molecule has 0 bridgehead atoms. The van der Waals surface area contributed by atoms with Crippen LogP contribution >= 0.6 is 0 Å². The van der Waals surface area contributed by atoms with Crippen LogP contribution in [0.5, 0.6) is 17.2 Å². The molecule has 1 amide bonds. The van der Waals surface area contributed by atoms with Crippen LogP contribution in [0, 0.1) is 5.82 Å². The lowest BCUT2D eigenvalue weighted by Gasteiger charge is -2.35. The monoisotopic (exact) mass is 446 g/mol. The lowest BCUT2D eigenvalue weighted by atomic mass is 10.0. The molecule has 1 aliphatic rings. The van der Waals surface area contributed by atoms with Crippen molar-refractivity contribution in [2.75, 3.05) is 53.7 Å². The van der Waals surface area contributed by atoms with Crippen molar-refractivity contribution in [2.24, 2.45) is 0 Å². The number of hydrogen-bond donors (Lipinski definition) is 1. The van der Waals surface area contributed by atoms with Gasteiger partial charge in [0, 0.05) is 32.1 Å². The normalized spacial score (nSPS) is 15.1. The van der Waals surface area contributed by atoms with Crippen molar-refractivity contribution in [1.29, 1.82) is 0 Å². The van der Waals surface area contributed by atoms with E-state index in [0.717, 1.165) is 18.7 Å². The fraction of sp³-hybridized carbons (Fsp3) is 0.458. The third-order valence-electron chi connectivity index (χ3n) is 5.38. The van der Waals surface area contributed by atoms with Crippen LogP contribution in [0.4, 0.5) is 4.39 Å². The van der Waals surface area contributed by atoms with Crippen molar-refractivity contribution < 1.29 is 28.1 Å². The Morgan fingerprint density at radius 1 is 1.12 bits per heavy atom. The van der Waals surface area contributed by atoms with Crippen LogP contribution in [0.2, 0.25) is 0 Å². The van der Waals surface area contributed by atoms with Gasteiger partial charge in [0.15, 0.2) is 11.5 Å². The van der Waals surface area contributed by atoms with Gasteiger partial charge in [0.25, 0.3) is 0 Å². The first-order valence-corrected chi connectivity index (χ1v) is 10.8. The van der Waals surface area contributed by atoms with Gasteiger partial charge in [-0.1, -0.05) is 12.1 Å². The predicted molar refractivity (Wildman–Crippen MR) is 119 cm³/mol. The average molecular weight is 447 g/mol. The van der Waals surface area contributed by atoms with Gasteiger partial charge in [-0.2, -0.15) is 0 Å². The molecule has 1 atom stereocenters. The molecule has 1 fully saturated rings. The first kappa shape index (κ1) is 23.8. The van der Waals surface area contributed by atoms with E-state index in [-0.39, 0.29) is 17.8 Å². The van der Waals surface area contributed by atoms with E-state index >= 15 is 0 Å². The summed E-state index contributed by atoms with van der Waals surface area (Å²) in [6, 6.07) is 11.8. The first-order chi connectivity index (χ1) is 15.6. The molecule has 0 saturated carbocycles. The van der Waals surface area contributed by atoms with E-state index in [2.05, 4.69) is 10.2 Å². The van der Waals surface area contributed by atoms with Crippen LogP contribution in [0.15, 0.2) is 42.5 Å². The van der Waals surface area contributed by atoms with E-state index < -0.39 is 0 Å². The van der Waals surface area contributed by atoms with Gasteiger partial charge < -0.3 is 24.3 Å². The largest absolute Gasteiger partial charge is 0.493 e. The molecule has 7 nitrogen and oxygen atoms in total. The molecule has 0 radical (unpaired) electrons. The second-order valence-corrected chi connectivity index (χ2v) is 7.49. The number of methoxy groups -OCH3 is 2. The van der Waals surface area contributed by atoms with Crippen LogP contribution in [0.3, 0.4) is 0 Å². The van der Waals surface area contributed by atoms with Gasteiger partial charge in [-0.15, -0.1) is 0 Å². The molecule has 8 heteroatoms. The van der Waals surface area contributed by atoms with Crippen molar-refractivity contribution >= 4 is 5.91 Å². The Bertz CT molecular complexity index is 873. The molecule has 1 N–H and O–H groups in total. The van der Waals surface area contributed by atoms with Gasteiger partial charge in [-0.05, 0) is 36.2 Å². The smallest absolute Gasteiger partial charge is 0.220 e. The number of carbonyl (C=O) groups is 1. The Morgan fingerprint density at radius 2 is 1.91 bits per heavy atom. The highest BCUT2D eigenvalue weighted by Gasteiger charge is 2.24. The molecular weight excluding hydrogens is 415 g/mol. The zero-order valence-electron chi connectivity index (χ0n) is 18.6. The quantitative estimate of drug-likeness (QED) is 0.535. The Hall–Kier alpha value is -2.84. The Balaban J connectivity index is 1.54. The first-order valence-electron chi connectivity index (χ1n) is 10.8. The lowest BCUT2D eigenvalue weighted by Crippen LogP contribution is -2.43. The number of carbonyl (C=O) groups excluding carboxylic acids is 1. The summed E-state index contributed by atoms with van der Waals surface area (Å²) < 4.78 is 35.0. The molecule has 1 unspecified atom stereocenters. The van der Waals surface area contributed by atoms with Gasteiger partial charge in [0.05, 0.1) is 40.1 Å². The minimum Gasteiger partial charge on any atom is -0.493 e. The highest BCUT2D eigenvalue weighted by Crippen LogP contribution is 2.32. The topological polar surface area (TPSA) is 69.3 Å². The summed E-state index contributed by atoms with van der Waals surface area (Å²) in [7, 11) is 3.22. The zero-order chi connectivity index (χ0) is 22.8. The molecule has 3 rings (SSSR count). The van der Waals surface area contributed by atoms with Crippen LogP contribution in [0.25, 0.3) is 0 Å². The average Bonchev–Trinajstić information content (AvgIpc) is 2.82. The van der Waals surface area contributed by atoms with E-state index in [1.807, 2.05) is 18.2 Å². The van der Waals surface area contributed by atoms with Gasteiger partial charge in [0.2, 0.25) is 5.91 Å². The number of morpholine rings is 1. The standard InChI is InChI=1S/C24H31FN2O5/c1-29-22-9-8-18(15-23(22)30-2)21(27-10-13-31-14-11-27)17-26-24(28)7-4-12-32-20-6-3-5-19(25)16-20/h3,5-6,8-9,15-16,21H,4,7,10-14,17H2,1-2H3,(H,26,28). The number of ether oxygens (including phenoxy) is 4. The minimum atomic E-state index is -0.343. The Labute approximate surface area is 188 Å². The number of halogens is 1. The molecule has 2 aromatic carbocycles. The van der Waals surface area contributed by atoms with Gasteiger partial charge in [-0.25, -0.2) is 4.39 Å². The second kappa shape index (κ2) is 12.3. The molecule has 2 aromatic rings. The molecule has 0 spiro atoms. The van der Waals surface area contributed by atoms with Gasteiger partial charge in [-0.3, -0.25) is 9.69 Å². The maximum atomic E-state index is 13.2. The predicted octanol–water partition coefficient (Wildman–Crippen LogP) is 3.19. The highest BCUT2D eigenvalue weighted by atomic mass is 19.1. The fourth-order valence-corrected chi connectivity index (χ4v) is 3.69. The van der Waals surface area contributed by atoms with Gasteiger partial charge >= 0.3 is 0 Å². The van der Waals surface area contributed by atoms with Crippen molar-refractivity contribution in [2.45, 2.75) is 18.9 Å². The molecule has 0 aliphatic carbocycles. The number of rotatable bonds is 11. The van der Waals surface area contributed by atoms with E-state index in [4.69, 9.17) is 18.9 Å². The van der Waals surface area contributed by atoms with E-state index in [1.165, 1.54) is 12.1 Å². The lowest BCUT2D eigenvalue weighted by molar-refractivity contribution is -0.121. The van der Waals surface area contributed by atoms with Crippen LogP contribution < -0.4 is 19.5 Å². The Kier molecular flexibility index (Phi) is 9.13. The summed E-state index contributed by atoms with van der Waals surface area (Å²) in [4.78, 5) is 14.7. The minimum absolute atomic E-state index is 0.00815. The van der Waals surface area contributed by atoms with Gasteiger partial charge in [0.1, 0.15) is 11.6 Å². The summed E-state index contributed by atoms with van der Waals surface area (Å²) in [5, 5.41) is 3.04. The SMILES string of the molecule is COc1ccc(C(CNC(=O)CCCOc2cccc(F)c2)N2CCOCC2)cc1OC. The van der Waals surface area contributed by atoms with E-state index in [0.29, 0.717) is 56.5 Å². The Morgan fingerprint density at radius 3 is 2.62 bits per heavy atom. The maximum Gasteiger partial charge on any atom is 0.220 e. The summed E-state index contributed by atoms with van der Waals surface area (Å²) in [5.41, 5.74) is 1.04. The molecule has 1 aliphatic heterocycles. The summed E-state index contributed by atoms with van der Waals surface area (Å²) in [6.45, 7) is 3.72. The molecule has 0 aromatic heterocycles.